The number of hydrogen-bond donors (Lipinski definition) is 1. The fraction of sp³-hybridized carbons (Fsp3) is 1.00. The third-order valence-corrected chi connectivity index (χ3v) is 2.89. The summed E-state index contributed by atoms with van der Waals surface area (Å²) in [6, 6.07) is 0. The third-order valence-electron chi connectivity index (χ3n) is 2.89. The SMILES string of the molecule is CN(CCF)C1(CN)CCC1. The van der Waals surface area contributed by atoms with E-state index in [1.165, 1.54) is 6.42 Å². The van der Waals surface area contributed by atoms with Gasteiger partial charge in [-0.2, -0.15) is 0 Å². The van der Waals surface area contributed by atoms with Crippen LogP contribution in [0.3, 0.4) is 0 Å². The van der Waals surface area contributed by atoms with Crippen molar-refractivity contribution in [3.8, 4) is 0 Å². The molecule has 1 rings (SSSR count). The second-order valence-electron chi connectivity index (χ2n) is 3.39. The summed E-state index contributed by atoms with van der Waals surface area (Å²) in [5.41, 5.74) is 5.78. The van der Waals surface area contributed by atoms with Gasteiger partial charge in [-0.3, -0.25) is 4.90 Å². The number of hydrogen-bond acceptors (Lipinski definition) is 2. The van der Waals surface area contributed by atoms with E-state index in [9.17, 15) is 4.39 Å². The molecule has 1 saturated carbocycles. The van der Waals surface area contributed by atoms with Gasteiger partial charge in [-0.25, -0.2) is 4.39 Å². The smallest absolute Gasteiger partial charge is 0.102 e. The highest BCUT2D eigenvalue weighted by Crippen LogP contribution is 2.35. The van der Waals surface area contributed by atoms with Crippen LogP contribution in [0.2, 0.25) is 0 Å². The zero-order chi connectivity index (χ0) is 8.32. The van der Waals surface area contributed by atoms with Crippen molar-refractivity contribution in [2.24, 2.45) is 5.73 Å². The van der Waals surface area contributed by atoms with Crippen LogP contribution in [-0.2, 0) is 0 Å². The highest BCUT2D eigenvalue weighted by Gasteiger charge is 2.38. The van der Waals surface area contributed by atoms with E-state index >= 15 is 0 Å². The van der Waals surface area contributed by atoms with Crippen LogP contribution in [0.25, 0.3) is 0 Å². The Bertz CT molecular complexity index is 118. The lowest BCUT2D eigenvalue weighted by molar-refractivity contribution is 0.0418. The third kappa shape index (κ3) is 1.54. The van der Waals surface area contributed by atoms with E-state index in [1.807, 2.05) is 7.05 Å². The topological polar surface area (TPSA) is 29.3 Å². The Hall–Kier alpha value is -0.150. The van der Waals surface area contributed by atoms with Crippen molar-refractivity contribution in [3.63, 3.8) is 0 Å². The number of rotatable bonds is 4. The second-order valence-corrected chi connectivity index (χ2v) is 3.39. The molecule has 1 fully saturated rings. The van der Waals surface area contributed by atoms with Crippen molar-refractivity contribution in [1.82, 2.24) is 4.90 Å². The molecular weight excluding hydrogens is 143 g/mol. The molecule has 0 bridgehead atoms. The lowest BCUT2D eigenvalue weighted by Crippen LogP contribution is -2.57. The van der Waals surface area contributed by atoms with Gasteiger partial charge in [0.1, 0.15) is 6.67 Å². The highest BCUT2D eigenvalue weighted by molar-refractivity contribution is 4.97. The average molecular weight is 160 g/mol. The maximum absolute atomic E-state index is 12.0. The van der Waals surface area contributed by atoms with Gasteiger partial charge in [0.05, 0.1) is 0 Å². The van der Waals surface area contributed by atoms with Crippen molar-refractivity contribution < 1.29 is 4.39 Å². The molecule has 0 unspecified atom stereocenters. The van der Waals surface area contributed by atoms with Gasteiger partial charge in [0.15, 0.2) is 0 Å². The molecule has 1 aliphatic carbocycles. The Morgan fingerprint density at radius 2 is 2.18 bits per heavy atom. The fourth-order valence-corrected chi connectivity index (χ4v) is 1.69. The Morgan fingerprint density at radius 3 is 2.45 bits per heavy atom. The minimum absolute atomic E-state index is 0.145. The van der Waals surface area contributed by atoms with Crippen molar-refractivity contribution in [1.29, 1.82) is 0 Å². The molecule has 3 heteroatoms. The normalized spacial score (nSPS) is 21.8. The van der Waals surface area contributed by atoms with Crippen LogP contribution < -0.4 is 5.73 Å². The number of nitrogens with zero attached hydrogens (tertiary/aromatic N) is 1. The van der Waals surface area contributed by atoms with E-state index in [0.717, 1.165) is 12.8 Å². The summed E-state index contributed by atoms with van der Waals surface area (Å²) in [6.07, 6.45) is 3.52. The first-order chi connectivity index (χ1) is 5.25. The average Bonchev–Trinajstić information content (AvgIpc) is 1.87. The standard InChI is InChI=1S/C8H17FN2/c1-11(6-5-9)8(7-10)3-2-4-8/h2-7,10H2,1H3. The predicted molar refractivity (Wildman–Crippen MR) is 44.2 cm³/mol. The van der Waals surface area contributed by atoms with Gasteiger partial charge >= 0.3 is 0 Å². The van der Waals surface area contributed by atoms with Crippen LogP contribution in [0.4, 0.5) is 4.39 Å². The van der Waals surface area contributed by atoms with Crippen LogP contribution in [0, 0.1) is 0 Å². The lowest BCUT2D eigenvalue weighted by atomic mass is 9.75. The second kappa shape index (κ2) is 3.50. The predicted octanol–water partition coefficient (Wildman–Crippen LogP) is 0.769. The van der Waals surface area contributed by atoms with Gasteiger partial charge in [-0.05, 0) is 26.3 Å². The van der Waals surface area contributed by atoms with Gasteiger partial charge in [0.25, 0.3) is 0 Å². The molecule has 0 heterocycles. The molecular formula is C8H17FN2. The minimum Gasteiger partial charge on any atom is -0.329 e. The van der Waals surface area contributed by atoms with E-state index in [1.54, 1.807) is 0 Å². The van der Waals surface area contributed by atoms with E-state index in [4.69, 9.17) is 5.73 Å². The van der Waals surface area contributed by atoms with Crippen molar-refractivity contribution in [3.05, 3.63) is 0 Å². The molecule has 11 heavy (non-hydrogen) atoms. The summed E-state index contributed by atoms with van der Waals surface area (Å²) in [5, 5.41) is 0. The molecule has 0 aromatic heterocycles. The Kier molecular flexibility index (Phi) is 2.84. The number of nitrogens with two attached hydrogens (primary N) is 1. The molecule has 0 aromatic rings. The minimum atomic E-state index is -0.266. The monoisotopic (exact) mass is 160 g/mol. The van der Waals surface area contributed by atoms with Gasteiger partial charge in [0, 0.05) is 18.6 Å². The quantitative estimate of drug-likeness (QED) is 0.658. The molecule has 0 saturated heterocycles. The van der Waals surface area contributed by atoms with E-state index in [0.29, 0.717) is 13.1 Å². The van der Waals surface area contributed by atoms with E-state index in [2.05, 4.69) is 4.90 Å². The summed E-state index contributed by atoms with van der Waals surface area (Å²) < 4.78 is 12.0. The number of likely N-dealkylation sites (N-methyl/N-ethyl adjacent to an activating group) is 1. The summed E-state index contributed by atoms with van der Waals surface area (Å²) in [5.74, 6) is 0. The first kappa shape index (κ1) is 8.94. The molecule has 0 radical (unpaired) electrons. The molecule has 0 spiro atoms. The molecule has 66 valence electrons. The number of halogens is 1. The molecule has 0 aromatic carbocycles. The van der Waals surface area contributed by atoms with Crippen LogP contribution in [0.1, 0.15) is 19.3 Å². The summed E-state index contributed by atoms with van der Waals surface area (Å²) >= 11 is 0. The van der Waals surface area contributed by atoms with E-state index < -0.39 is 0 Å². The van der Waals surface area contributed by atoms with E-state index in [-0.39, 0.29) is 12.2 Å². The number of alkyl halides is 1. The fourth-order valence-electron chi connectivity index (χ4n) is 1.69. The van der Waals surface area contributed by atoms with Crippen LogP contribution in [0.15, 0.2) is 0 Å². The molecule has 2 nitrogen and oxygen atoms in total. The molecule has 0 atom stereocenters. The first-order valence-electron chi connectivity index (χ1n) is 4.22. The molecule has 2 N–H and O–H groups in total. The molecule has 1 aliphatic rings. The lowest BCUT2D eigenvalue weighted by Gasteiger charge is -2.48. The maximum Gasteiger partial charge on any atom is 0.102 e. The van der Waals surface area contributed by atoms with Crippen LogP contribution in [-0.4, -0.2) is 37.3 Å². The highest BCUT2D eigenvalue weighted by atomic mass is 19.1. The summed E-state index contributed by atoms with van der Waals surface area (Å²) in [7, 11) is 1.96. The van der Waals surface area contributed by atoms with Crippen LogP contribution >= 0.6 is 0 Å². The Morgan fingerprint density at radius 1 is 1.55 bits per heavy atom. The zero-order valence-corrected chi connectivity index (χ0v) is 7.15. The van der Waals surface area contributed by atoms with Gasteiger partial charge < -0.3 is 5.73 Å². The van der Waals surface area contributed by atoms with Crippen molar-refractivity contribution in [2.75, 3.05) is 26.8 Å². The zero-order valence-electron chi connectivity index (χ0n) is 7.15. The molecule has 0 amide bonds. The van der Waals surface area contributed by atoms with Gasteiger partial charge in [0.2, 0.25) is 0 Å². The van der Waals surface area contributed by atoms with Gasteiger partial charge in [-0.1, -0.05) is 0 Å². The van der Waals surface area contributed by atoms with Crippen molar-refractivity contribution >= 4 is 0 Å². The summed E-state index contributed by atoms with van der Waals surface area (Å²) in [6.45, 7) is 0.930. The van der Waals surface area contributed by atoms with Crippen molar-refractivity contribution in [2.45, 2.75) is 24.8 Å². The van der Waals surface area contributed by atoms with Crippen LogP contribution in [0.5, 0.6) is 0 Å². The summed E-state index contributed by atoms with van der Waals surface area (Å²) in [4.78, 5) is 2.07. The Balaban J connectivity index is 2.40. The first-order valence-corrected chi connectivity index (χ1v) is 4.22. The largest absolute Gasteiger partial charge is 0.329 e. The Labute approximate surface area is 67.6 Å². The molecule has 0 aliphatic heterocycles. The van der Waals surface area contributed by atoms with Gasteiger partial charge in [-0.15, -0.1) is 0 Å². The maximum atomic E-state index is 12.0.